The molecule has 0 saturated carbocycles. The summed E-state index contributed by atoms with van der Waals surface area (Å²) < 4.78 is 0. The smallest absolute Gasteiger partial charge is 0.247 e. The van der Waals surface area contributed by atoms with Gasteiger partial charge in [-0.05, 0) is 28.5 Å². The number of anilines is 1. The van der Waals surface area contributed by atoms with Crippen LogP contribution in [0.15, 0.2) is 85.1 Å². The third-order valence-electron chi connectivity index (χ3n) is 4.90. The molecule has 1 aliphatic heterocycles. The SMILES string of the molecule is O=C1c2cc3ccccc3c(-c3ccccc3)c2C(=O)N1c1cccc[nH+]1. The number of rotatable bonds is 2. The van der Waals surface area contributed by atoms with Crippen LogP contribution in [0, 0.1) is 0 Å². The molecule has 0 aliphatic carbocycles. The van der Waals surface area contributed by atoms with E-state index in [-0.39, 0.29) is 11.8 Å². The number of hydrogen-bond donors (Lipinski definition) is 0. The molecule has 4 aromatic rings. The molecule has 5 rings (SSSR count). The Morgan fingerprint density at radius 2 is 1.44 bits per heavy atom. The average Bonchev–Trinajstić information content (AvgIpc) is 2.97. The van der Waals surface area contributed by atoms with Gasteiger partial charge in [0.2, 0.25) is 0 Å². The third-order valence-corrected chi connectivity index (χ3v) is 4.90. The number of imide groups is 1. The number of carbonyl (C=O) groups excluding carboxylic acids is 2. The lowest BCUT2D eigenvalue weighted by Gasteiger charge is -2.10. The Labute approximate surface area is 155 Å². The number of H-pyrrole nitrogens is 1. The van der Waals surface area contributed by atoms with Gasteiger partial charge in [0.25, 0.3) is 5.82 Å². The Morgan fingerprint density at radius 3 is 2.22 bits per heavy atom. The standard InChI is InChI=1S/C23H14N2O2/c26-22-18-14-16-10-4-5-11-17(16)20(15-8-2-1-3-9-15)21(18)23(27)25(22)19-12-6-7-13-24-19/h1-14H/p+1. The number of nitrogens with one attached hydrogen (secondary N) is 1. The molecule has 0 spiro atoms. The molecule has 0 radical (unpaired) electrons. The quantitative estimate of drug-likeness (QED) is 0.510. The van der Waals surface area contributed by atoms with Crippen molar-refractivity contribution in [2.45, 2.75) is 0 Å². The Balaban J connectivity index is 1.84. The van der Waals surface area contributed by atoms with Crippen molar-refractivity contribution in [3.8, 4) is 11.1 Å². The first-order valence-electron chi connectivity index (χ1n) is 8.72. The lowest BCUT2D eigenvalue weighted by molar-refractivity contribution is -0.362. The number of nitrogens with zero attached hydrogens (tertiary/aromatic N) is 1. The molecule has 27 heavy (non-hydrogen) atoms. The molecule has 0 fully saturated rings. The predicted octanol–water partition coefficient (Wildman–Crippen LogP) is 4.12. The molecule has 2 heterocycles. The highest BCUT2D eigenvalue weighted by Crippen LogP contribution is 2.39. The topological polar surface area (TPSA) is 51.5 Å². The fourth-order valence-electron chi connectivity index (χ4n) is 3.71. The average molecular weight is 351 g/mol. The number of benzene rings is 3. The largest absolute Gasteiger partial charge is 0.350 e. The highest BCUT2D eigenvalue weighted by atomic mass is 16.2. The fraction of sp³-hybridized carbons (Fsp3) is 0. The molecule has 2 amide bonds. The summed E-state index contributed by atoms with van der Waals surface area (Å²) in [5, 5.41) is 1.90. The van der Waals surface area contributed by atoms with E-state index in [4.69, 9.17) is 0 Å². The highest BCUT2D eigenvalue weighted by molar-refractivity contribution is 6.37. The Morgan fingerprint density at radius 1 is 0.704 bits per heavy atom. The number of aromatic amines is 1. The van der Waals surface area contributed by atoms with Gasteiger partial charge in [-0.3, -0.25) is 0 Å². The van der Waals surface area contributed by atoms with Crippen molar-refractivity contribution >= 4 is 28.4 Å². The normalized spacial score (nSPS) is 13.3. The molecule has 128 valence electrons. The molecule has 0 saturated heterocycles. The van der Waals surface area contributed by atoms with Crippen LogP contribution in [0.1, 0.15) is 20.7 Å². The summed E-state index contributed by atoms with van der Waals surface area (Å²) in [7, 11) is 0. The van der Waals surface area contributed by atoms with Crippen LogP contribution in [0.25, 0.3) is 21.9 Å². The Hall–Kier alpha value is -3.79. The van der Waals surface area contributed by atoms with Gasteiger partial charge < -0.3 is 0 Å². The number of amides is 2. The first-order valence-corrected chi connectivity index (χ1v) is 8.72. The molecule has 4 heteroatoms. The lowest BCUT2D eigenvalue weighted by Crippen LogP contribution is -2.34. The summed E-state index contributed by atoms with van der Waals surface area (Å²) in [5.74, 6) is -0.144. The summed E-state index contributed by atoms with van der Waals surface area (Å²) in [6, 6.07) is 24.8. The molecule has 3 aromatic carbocycles. The zero-order chi connectivity index (χ0) is 18.4. The summed E-state index contributed by atoms with van der Waals surface area (Å²) in [4.78, 5) is 30.7. The van der Waals surface area contributed by atoms with E-state index in [2.05, 4.69) is 4.98 Å². The minimum Gasteiger partial charge on any atom is -0.247 e. The summed E-state index contributed by atoms with van der Waals surface area (Å²) in [6.07, 6.45) is 1.70. The van der Waals surface area contributed by atoms with Crippen LogP contribution in [0.2, 0.25) is 0 Å². The number of carbonyl (C=O) groups is 2. The van der Waals surface area contributed by atoms with Crippen LogP contribution in [0.3, 0.4) is 0 Å². The van der Waals surface area contributed by atoms with Crippen LogP contribution >= 0.6 is 0 Å². The second-order valence-corrected chi connectivity index (χ2v) is 6.45. The molecule has 0 atom stereocenters. The first kappa shape index (κ1) is 15.5. The lowest BCUT2D eigenvalue weighted by atomic mass is 9.90. The van der Waals surface area contributed by atoms with E-state index in [1.807, 2.05) is 66.7 Å². The monoisotopic (exact) mass is 351 g/mol. The van der Waals surface area contributed by atoms with Crippen LogP contribution in [-0.2, 0) is 0 Å². The number of pyridine rings is 1. The van der Waals surface area contributed by atoms with Crippen LogP contribution in [-0.4, -0.2) is 11.8 Å². The molecular formula is C23H15N2O2+. The summed E-state index contributed by atoms with van der Waals surface area (Å²) >= 11 is 0. The third kappa shape index (κ3) is 2.27. The zero-order valence-corrected chi connectivity index (χ0v) is 14.3. The van der Waals surface area contributed by atoms with Crippen molar-refractivity contribution in [1.82, 2.24) is 0 Å². The number of hydrogen-bond acceptors (Lipinski definition) is 2. The van der Waals surface area contributed by atoms with Gasteiger partial charge in [-0.2, -0.15) is 0 Å². The van der Waals surface area contributed by atoms with E-state index < -0.39 is 0 Å². The molecule has 0 unspecified atom stereocenters. The van der Waals surface area contributed by atoms with E-state index >= 15 is 0 Å². The summed E-state index contributed by atoms with van der Waals surface area (Å²) in [5.41, 5.74) is 2.63. The van der Waals surface area contributed by atoms with Crippen molar-refractivity contribution in [2.75, 3.05) is 4.90 Å². The van der Waals surface area contributed by atoms with Gasteiger partial charge >= 0.3 is 11.8 Å². The van der Waals surface area contributed by atoms with E-state index in [0.717, 1.165) is 21.9 Å². The predicted molar refractivity (Wildman–Crippen MR) is 104 cm³/mol. The fourth-order valence-corrected chi connectivity index (χ4v) is 3.71. The molecule has 0 bridgehead atoms. The van der Waals surface area contributed by atoms with Crippen LogP contribution in [0.5, 0.6) is 0 Å². The minimum absolute atomic E-state index is 0.304. The van der Waals surface area contributed by atoms with Crippen molar-refractivity contribution in [2.24, 2.45) is 0 Å². The van der Waals surface area contributed by atoms with Crippen molar-refractivity contribution in [3.63, 3.8) is 0 Å². The van der Waals surface area contributed by atoms with Gasteiger partial charge in [0, 0.05) is 11.6 Å². The van der Waals surface area contributed by atoms with E-state index in [1.165, 1.54) is 4.90 Å². The van der Waals surface area contributed by atoms with Crippen LogP contribution in [0.4, 0.5) is 5.82 Å². The van der Waals surface area contributed by atoms with Gasteiger partial charge in [-0.25, -0.2) is 14.6 Å². The van der Waals surface area contributed by atoms with Gasteiger partial charge in [0.15, 0.2) is 0 Å². The van der Waals surface area contributed by atoms with Gasteiger partial charge in [-0.1, -0.05) is 60.7 Å². The minimum atomic E-state index is -0.305. The van der Waals surface area contributed by atoms with Gasteiger partial charge in [-0.15, -0.1) is 4.90 Å². The van der Waals surface area contributed by atoms with E-state index in [0.29, 0.717) is 16.9 Å². The Bertz CT molecular complexity index is 1200. The molecule has 4 nitrogen and oxygen atoms in total. The highest BCUT2D eigenvalue weighted by Gasteiger charge is 2.46. The van der Waals surface area contributed by atoms with E-state index in [1.54, 1.807) is 18.3 Å². The molecule has 1 N–H and O–H groups in total. The Kier molecular flexibility index (Phi) is 3.37. The zero-order valence-electron chi connectivity index (χ0n) is 14.3. The van der Waals surface area contributed by atoms with Crippen molar-refractivity contribution < 1.29 is 14.6 Å². The van der Waals surface area contributed by atoms with E-state index in [9.17, 15) is 9.59 Å². The maximum atomic E-state index is 13.3. The number of aromatic nitrogens is 1. The van der Waals surface area contributed by atoms with Crippen molar-refractivity contribution in [1.29, 1.82) is 0 Å². The number of fused-ring (bicyclic) bond motifs is 2. The molecule has 1 aromatic heterocycles. The van der Waals surface area contributed by atoms with Crippen molar-refractivity contribution in [3.05, 3.63) is 96.2 Å². The maximum Gasteiger partial charge on any atom is 0.350 e. The summed E-state index contributed by atoms with van der Waals surface area (Å²) in [6.45, 7) is 0. The van der Waals surface area contributed by atoms with Crippen LogP contribution < -0.4 is 9.88 Å². The van der Waals surface area contributed by atoms with Gasteiger partial charge in [0.1, 0.15) is 0 Å². The second kappa shape index (κ2) is 5.88. The second-order valence-electron chi connectivity index (χ2n) is 6.45. The molecular weight excluding hydrogens is 336 g/mol. The van der Waals surface area contributed by atoms with Gasteiger partial charge in [0.05, 0.1) is 17.3 Å². The molecule has 1 aliphatic rings. The maximum absolute atomic E-state index is 13.3. The first-order chi connectivity index (χ1) is 13.3.